The van der Waals surface area contributed by atoms with E-state index in [2.05, 4.69) is 56.4 Å². The fourth-order valence-corrected chi connectivity index (χ4v) is 2.99. The maximum atomic E-state index is 3.55. The predicted molar refractivity (Wildman–Crippen MR) is 90.1 cm³/mol. The molecule has 1 aromatic rings. The fourth-order valence-electron chi connectivity index (χ4n) is 2.99. The second-order valence-electron chi connectivity index (χ2n) is 6.02. The zero-order valence-electron chi connectivity index (χ0n) is 13.7. The summed E-state index contributed by atoms with van der Waals surface area (Å²) in [6, 6.07) is 11.0. The number of benzene rings is 1. The van der Waals surface area contributed by atoms with Crippen LogP contribution in [-0.4, -0.2) is 13.1 Å². The minimum absolute atomic E-state index is 0.777. The van der Waals surface area contributed by atoms with Crippen molar-refractivity contribution < 1.29 is 0 Å². The Morgan fingerprint density at radius 1 is 1.00 bits per heavy atom. The zero-order chi connectivity index (χ0) is 14.6. The summed E-state index contributed by atoms with van der Waals surface area (Å²) < 4.78 is 0. The van der Waals surface area contributed by atoms with Gasteiger partial charge in [-0.1, -0.05) is 76.8 Å². The lowest BCUT2D eigenvalue weighted by Crippen LogP contribution is -2.26. The first-order valence-electron chi connectivity index (χ1n) is 8.54. The Balaban J connectivity index is 2.53. The van der Waals surface area contributed by atoms with Crippen molar-refractivity contribution >= 4 is 0 Å². The van der Waals surface area contributed by atoms with Crippen LogP contribution in [0, 0.1) is 11.8 Å². The Bertz CT molecular complexity index is 320. The van der Waals surface area contributed by atoms with Crippen LogP contribution >= 0.6 is 0 Å². The molecular weight excluding hydrogens is 242 g/mol. The molecule has 1 N–H and O–H groups in total. The van der Waals surface area contributed by atoms with Crippen molar-refractivity contribution in [3.05, 3.63) is 35.9 Å². The summed E-state index contributed by atoms with van der Waals surface area (Å²) in [5.74, 6) is 1.68. The highest BCUT2D eigenvalue weighted by Crippen LogP contribution is 2.24. The summed E-state index contributed by atoms with van der Waals surface area (Å²) in [5.41, 5.74) is 1.49. The molecule has 0 amide bonds. The summed E-state index contributed by atoms with van der Waals surface area (Å²) in [6.07, 6.45) is 8.04. The van der Waals surface area contributed by atoms with E-state index in [0.29, 0.717) is 0 Å². The first-order valence-corrected chi connectivity index (χ1v) is 8.54. The molecule has 0 aliphatic rings. The van der Waals surface area contributed by atoms with Gasteiger partial charge in [0.1, 0.15) is 0 Å². The van der Waals surface area contributed by atoms with Gasteiger partial charge in [-0.05, 0) is 43.3 Å². The van der Waals surface area contributed by atoms with E-state index >= 15 is 0 Å². The molecule has 1 rings (SSSR count). The normalized spacial score (nSPS) is 14.2. The van der Waals surface area contributed by atoms with Crippen molar-refractivity contribution in [3.63, 3.8) is 0 Å². The lowest BCUT2D eigenvalue weighted by Gasteiger charge is -2.23. The van der Waals surface area contributed by atoms with Gasteiger partial charge in [-0.15, -0.1) is 0 Å². The average molecular weight is 275 g/mol. The second-order valence-corrected chi connectivity index (χ2v) is 6.02. The number of hydrogen-bond acceptors (Lipinski definition) is 1. The highest BCUT2D eigenvalue weighted by Gasteiger charge is 2.15. The van der Waals surface area contributed by atoms with Gasteiger partial charge in [0.05, 0.1) is 0 Å². The third-order valence-corrected chi connectivity index (χ3v) is 4.26. The molecule has 114 valence electrons. The van der Waals surface area contributed by atoms with Gasteiger partial charge >= 0.3 is 0 Å². The number of rotatable bonds is 11. The monoisotopic (exact) mass is 275 g/mol. The van der Waals surface area contributed by atoms with Gasteiger partial charge in [0.25, 0.3) is 0 Å². The molecule has 0 saturated heterocycles. The summed E-state index contributed by atoms with van der Waals surface area (Å²) in [7, 11) is 0. The van der Waals surface area contributed by atoms with Crippen LogP contribution in [0.3, 0.4) is 0 Å². The number of unbranched alkanes of at least 4 members (excludes halogenated alkanes) is 1. The molecule has 0 aromatic heterocycles. The van der Waals surface area contributed by atoms with Gasteiger partial charge in [-0.2, -0.15) is 0 Å². The van der Waals surface area contributed by atoms with Crippen molar-refractivity contribution in [2.45, 2.75) is 59.3 Å². The van der Waals surface area contributed by atoms with Gasteiger partial charge in [-0.25, -0.2) is 0 Å². The van der Waals surface area contributed by atoms with Crippen LogP contribution in [0.15, 0.2) is 30.3 Å². The molecule has 0 saturated carbocycles. The molecule has 20 heavy (non-hydrogen) atoms. The molecule has 0 fully saturated rings. The SMILES string of the molecule is CCCCC(CC)CC(CNCC)Cc1ccccc1. The largest absolute Gasteiger partial charge is 0.317 e. The Morgan fingerprint density at radius 2 is 1.75 bits per heavy atom. The van der Waals surface area contributed by atoms with Crippen LogP contribution in [-0.2, 0) is 6.42 Å². The highest BCUT2D eigenvalue weighted by molar-refractivity contribution is 5.15. The lowest BCUT2D eigenvalue weighted by atomic mass is 9.85. The standard InChI is InChI=1S/C19H33N/c1-4-7-11-17(5-2)14-19(16-20-6-3)15-18-12-9-8-10-13-18/h8-10,12-13,17,19-20H,4-7,11,14-16H2,1-3H3. The van der Waals surface area contributed by atoms with Crippen LogP contribution in [0.25, 0.3) is 0 Å². The van der Waals surface area contributed by atoms with Crippen LogP contribution in [0.2, 0.25) is 0 Å². The Labute approximate surface area is 126 Å². The summed E-state index contributed by atoms with van der Waals surface area (Å²) >= 11 is 0. The first-order chi connectivity index (χ1) is 9.80. The van der Waals surface area contributed by atoms with E-state index in [0.717, 1.165) is 24.9 Å². The van der Waals surface area contributed by atoms with Crippen molar-refractivity contribution in [2.75, 3.05) is 13.1 Å². The fraction of sp³-hybridized carbons (Fsp3) is 0.684. The van der Waals surface area contributed by atoms with E-state index in [9.17, 15) is 0 Å². The quantitative estimate of drug-likeness (QED) is 0.595. The molecule has 1 nitrogen and oxygen atoms in total. The van der Waals surface area contributed by atoms with Crippen LogP contribution in [0.5, 0.6) is 0 Å². The van der Waals surface area contributed by atoms with Gasteiger partial charge in [0.2, 0.25) is 0 Å². The number of nitrogens with one attached hydrogen (secondary N) is 1. The van der Waals surface area contributed by atoms with Crippen molar-refractivity contribution in [1.82, 2.24) is 5.32 Å². The second kappa shape index (κ2) is 10.9. The van der Waals surface area contributed by atoms with E-state index in [4.69, 9.17) is 0 Å². The minimum Gasteiger partial charge on any atom is -0.317 e. The predicted octanol–water partition coefficient (Wildman–Crippen LogP) is 5.06. The van der Waals surface area contributed by atoms with Crippen molar-refractivity contribution in [2.24, 2.45) is 11.8 Å². The third-order valence-electron chi connectivity index (χ3n) is 4.26. The molecule has 0 radical (unpaired) electrons. The molecule has 0 heterocycles. The van der Waals surface area contributed by atoms with Crippen molar-refractivity contribution in [3.8, 4) is 0 Å². The van der Waals surface area contributed by atoms with Gasteiger partial charge < -0.3 is 5.32 Å². The van der Waals surface area contributed by atoms with Crippen molar-refractivity contribution in [1.29, 1.82) is 0 Å². The van der Waals surface area contributed by atoms with Gasteiger partial charge in [-0.3, -0.25) is 0 Å². The average Bonchev–Trinajstić information content (AvgIpc) is 2.49. The molecule has 0 bridgehead atoms. The van der Waals surface area contributed by atoms with Crippen LogP contribution in [0.4, 0.5) is 0 Å². The van der Waals surface area contributed by atoms with E-state index in [-0.39, 0.29) is 0 Å². The Hall–Kier alpha value is -0.820. The number of hydrogen-bond donors (Lipinski definition) is 1. The first kappa shape index (κ1) is 17.2. The summed E-state index contributed by atoms with van der Waals surface area (Å²) in [6.45, 7) is 9.10. The maximum absolute atomic E-state index is 3.55. The molecular formula is C19H33N. The van der Waals surface area contributed by atoms with E-state index in [1.54, 1.807) is 0 Å². The zero-order valence-corrected chi connectivity index (χ0v) is 13.7. The Kier molecular flexibility index (Phi) is 9.40. The molecule has 1 heteroatoms. The van der Waals surface area contributed by atoms with Crippen LogP contribution in [0.1, 0.15) is 58.4 Å². The molecule has 2 atom stereocenters. The molecule has 0 aliphatic carbocycles. The van der Waals surface area contributed by atoms with E-state index < -0.39 is 0 Å². The lowest BCUT2D eigenvalue weighted by molar-refractivity contribution is 0.326. The minimum atomic E-state index is 0.777. The summed E-state index contributed by atoms with van der Waals surface area (Å²) in [5, 5.41) is 3.55. The van der Waals surface area contributed by atoms with Gasteiger partial charge in [0.15, 0.2) is 0 Å². The molecule has 0 spiro atoms. The maximum Gasteiger partial charge on any atom is -0.00173 e. The van der Waals surface area contributed by atoms with Gasteiger partial charge in [0, 0.05) is 0 Å². The highest BCUT2D eigenvalue weighted by atomic mass is 14.8. The Morgan fingerprint density at radius 3 is 2.35 bits per heavy atom. The molecule has 2 unspecified atom stereocenters. The molecule has 0 aliphatic heterocycles. The van der Waals surface area contributed by atoms with E-state index in [1.165, 1.54) is 44.1 Å². The summed E-state index contributed by atoms with van der Waals surface area (Å²) in [4.78, 5) is 0. The van der Waals surface area contributed by atoms with Crippen LogP contribution < -0.4 is 5.32 Å². The topological polar surface area (TPSA) is 12.0 Å². The van der Waals surface area contributed by atoms with E-state index in [1.807, 2.05) is 0 Å². The molecule has 1 aromatic carbocycles. The smallest absolute Gasteiger partial charge is 0.00173 e. The third kappa shape index (κ3) is 7.09.